The number of hydrogen-bond donors (Lipinski definition) is 3. The summed E-state index contributed by atoms with van der Waals surface area (Å²) in [6, 6.07) is 109. The lowest BCUT2D eigenvalue weighted by Crippen LogP contribution is -2.48. The van der Waals surface area contributed by atoms with E-state index in [0.717, 1.165) is 194 Å². The van der Waals surface area contributed by atoms with Gasteiger partial charge >= 0.3 is 0 Å². The highest BCUT2D eigenvalue weighted by Crippen LogP contribution is 2.56. The minimum Gasteiger partial charge on any atom is -0.369 e. The minimum atomic E-state index is -3.84. The standard InChI is InChI=1S/C26H25NO3S.2C23H27N3O.C23H25N3O.C23H23N3/c1-20-13-17-25(18-14-20)31(28,29)30-24-16-15-23(19-24)26(27-2,21-9-5-3-6-10-21)22-11-7-4-8-12-22;3*1-17-25-14-15-26(17)21-13-12-20(16-21)23(22(24)27,18-8-4-2-5-9-18)19-10-6-3-7-11-19;1-18-25-15-16-26(18)22-14-13-21(17-22)23(24-2,19-9-5-3-6-10-19)20-11-7-4-8-12-20/h3-14,17-18,23-24H,15-16,19H2,1H3;2*2-11,20-21H,12-16H2,1H3,(H2,24,27);2-11,14-15,20-21H,12-13,16H2,1H3,(H2,24,27);3-12,15-16,21-22H,13-14,17H2,1H3/t23?,24-;3*20?,21-;21?,22-/m00011/s1. The van der Waals surface area contributed by atoms with Crippen LogP contribution in [0.2, 0.25) is 0 Å². The molecule has 5 fully saturated rings. The predicted molar refractivity (Wildman–Crippen MR) is 548 cm³/mol. The fraction of sp³-hybridized carbons (Fsp3) is 0.331. The van der Waals surface area contributed by atoms with Gasteiger partial charge < -0.3 is 36.1 Å². The molecule has 0 saturated heterocycles. The molecule has 5 aliphatic carbocycles. The maximum absolute atomic E-state index is 13.1. The van der Waals surface area contributed by atoms with Gasteiger partial charge in [-0.3, -0.25) is 38.2 Å². The number of carbonyl (C=O) groups is 3. The molecule has 5 unspecified atom stereocenters. The smallest absolute Gasteiger partial charge is 0.297 e. The van der Waals surface area contributed by atoms with Gasteiger partial charge in [-0.1, -0.05) is 321 Å². The molecule has 13 aromatic rings. The van der Waals surface area contributed by atoms with E-state index in [-0.39, 0.29) is 52.2 Å². The van der Waals surface area contributed by atoms with Crippen LogP contribution in [-0.4, -0.2) is 111 Å². The van der Waals surface area contributed by atoms with Gasteiger partial charge in [-0.2, -0.15) is 8.42 Å². The molecule has 2 aromatic heterocycles. The number of aromatic nitrogens is 4. The number of imidazole rings is 2. The van der Waals surface area contributed by atoms with Crippen LogP contribution < -0.4 is 17.2 Å². The molecule has 20 rings (SSSR count). The van der Waals surface area contributed by atoms with Crippen molar-refractivity contribution in [3.8, 4) is 0 Å². The van der Waals surface area contributed by atoms with Crippen LogP contribution in [0.15, 0.2) is 367 Å². The molecular weight excluding hydrogens is 1730 g/mol. The van der Waals surface area contributed by atoms with Crippen LogP contribution in [0.1, 0.15) is 195 Å². The quantitative estimate of drug-likeness (QED) is 0.0360. The third kappa shape index (κ3) is 19.6. The van der Waals surface area contributed by atoms with Crippen molar-refractivity contribution < 1.29 is 27.0 Å². The van der Waals surface area contributed by atoms with Crippen molar-refractivity contribution in [1.29, 1.82) is 0 Å². The third-order valence-electron chi connectivity index (χ3n) is 30.9. The summed E-state index contributed by atoms with van der Waals surface area (Å²) in [6.45, 7) is 30.4. The number of aryl methyl sites for hydroxylation is 3. The molecule has 19 nitrogen and oxygen atoms in total. The van der Waals surface area contributed by atoms with E-state index in [2.05, 4.69) is 99.8 Å². The Bertz CT molecular complexity index is 6140. The molecule has 706 valence electrons. The number of nitrogens with two attached hydrogens (primary N) is 3. The normalized spacial score (nSPS) is 20.8. The highest BCUT2D eigenvalue weighted by atomic mass is 32.2. The maximum atomic E-state index is 13.1. The fourth-order valence-corrected chi connectivity index (χ4v) is 25.6. The Morgan fingerprint density at radius 3 is 0.848 bits per heavy atom. The first-order valence-corrected chi connectivity index (χ1v) is 50.3. The Morgan fingerprint density at radius 1 is 0.333 bits per heavy atom. The van der Waals surface area contributed by atoms with Crippen LogP contribution in [-0.2, 0) is 56.0 Å². The van der Waals surface area contributed by atoms with Crippen LogP contribution >= 0.6 is 0 Å². The van der Waals surface area contributed by atoms with E-state index in [1.807, 2.05) is 311 Å². The second-order valence-corrected chi connectivity index (χ2v) is 39.7. The minimum absolute atomic E-state index is 0.0481. The molecule has 6 N–H and O–H groups in total. The van der Waals surface area contributed by atoms with E-state index in [9.17, 15) is 22.8 Å². The topological polar surface area (TPSA) is 248 Å². The molecule has 138 heavy (non-hydrogen) atoms. The number of rotatable bonds is 25. The molecule has 11 aromatic carbocycles. The van der Waals surface area contributed by atoms with Gasteiger partial charge in [-0.25, -0.2) is 23.1 Å². The SMILES string of the molecule is CC1=NCCN1[C@H]1CCC(C(C(N)=O)(c2ccccc2)c2ccccc2)C1.CC1=NCCN1[C@H]1CCC(C(C(N)=O)(c2ccccc2)c2ccccc2)C1.Cc1nccn1[C@@H]1CCC(C(C(N)=O)(c2ccccc2)c2ccccc2)C1.[C-]#[N+]C(c1ccccc1)(c1ccccc1)C1CC[C@@H](n2ccnc2C)C1.[C-]#[N+]C(c1ccccc1)(c1ccccc1)C1CC[C@H](OS(=O)(=O)c2ccc(C)cc2)C1. The number of carbonyl (C=O) groups excluding carboxylic acids is 3. The molecule has 4 heterocycles. The zero-order valence-electron chi connectivity index (χ0n) is 79.8. The summed E-state index contributed by atoms with van der Waals surface area (Å²) in [4.78, 5) is 70.6. The van der Waals surface area contributed by atoms with Gasteiger partial charge in [-0.05, 0) is 194 Å². The molecule has 10 atom stereocenters. The number of primary amides is 3. The predicted octanol–water partition coefficient (Wildman–Crippen LogP) is 21.9. The molecule has 0 spiro atoms. The highest BCUT2D eigenvalue weighted by Gasteiger charge is 2.57. The molecule has 3 amide bonds. The zero-order valence-corrected chi connectivity index (χ0v) is 80.6. The van der Waals surface area contributed by atoms with E-state index >= 15 is 0 Å². The fourth-order valence-electron chi connectivity index (χ4n) is 24.5. The number of nitrogens with zero attached hydrogens (tertiary/aromatic N) is 10. The van der Waals surface area contributed by atoms with Gasteiger partial charge in [-0.15, -0.1) is 0 Å². The van der Waals surface area contributed by atoms with Crippen LogP contribution in [0.5, 0.6) is 0 Å². The maximum Gasteiger partial charge on any atom is 0.297 e. The average Bonchev–Trinajstić information content (AvgIpc) is 1.26. The Morgan fingerprint density at radius 2 is 0.587 bits per heavy atom. The van der Waals surface area contributed by atoms with Gasteiger partial charge in [0.1, 0.15) is 27.9 Å². The largest absolute Gasteiger partial charge is 0.369 e. The van der Waals surface area contributed by atoms with E-state index in [1.54, 1.807) is 24.3 Å². The second kappa shape index (κ2) is 43.6. The van der Waals surface area contributed by atoms with Crippen molar-refractivity contribution in [2.75, 3.05) is 26.2 Å². The van der Waals surface area contributed by atoms with Gasteiger partial charge in [0, 0.05) is 96.1 Å². The van der Waals surface area contributed by atoms with Crippen LogP contribution in [0, 0.1) is 63.5 Å². The van der Waals surface area contributed by atoms with Gasteiger partial charge in [0.05, 0.1) is 35.8 Å². The molecule has 7 aliphatic rings. The van der Waals surface area contributed by atoms with Gasteiger partial charge in [0.15, 0.2) is 0 Å². The van der Waals surface area contributed by atoms with E-state index < -0.39 is 43.5 Å². The summed E-state index contributed by atoms with van der Waals surface area (Å²) in [5.74, 6) is 4.30. The first kappa shape index (κ1) is 97.2. The molecule has 20 heteroatoms. The summed E-state index contributed by atoms with van der Waals surface area (Å²) >= 11 is 0. The summed E-state index contributed by atoms with van der Waals surface area (Å²) < 4.78 is 35.7. The van der Waals surface area contributed by atoms with Crippen LogP contribution in [0.25, 0.3) is 9.69 Å². The van der Waals surface area contributed by atoms with Crippen molar-refractivity contribution >= 4 is 39.5 Å². The summed E-state index contributed by atoms with van der Waals surface area (Å²) in [6.07, 6.45) is 21.3. The second-order valence-electron chi connectivity index (χ2n) is 38.1. The summed E-state index contributed by atoms with van der Waals surface area (Å²) in [7, 11) is -3.84. The average molecular weight is 1860 g/mol. The van der Waals surface area contributed by atoms with Gasteiger partial charge in [0.25, 0.3) is 21.2 Å². The molecule has 0 bridgehead atoms. The van der Waals surface area contributed by atoms with Crippen molar-refractivity contribution in [3.63, 3.8) is 0 Å². The van der Waals surface area contributed by atoms with Crippen molar-refractivity contribution in [1.82, 2.24) is 28.9 Å². The Kier molecular flexibility index (Phi) is 30.7. The van der Waals surface area contributed by atoms with Gasteiger partial charge in [0.2, 0.25) is 17.7 Å². The monoisotopic (exact) mass is 1850 g/mol. The molecule has 2 aliphatic heterocycles. The number of benzene rings is 11. The molecule has 0 radical (unpaired) electrons. The lowest BCUT2D eigenvalue weighted by molar-refractivity contribution is -0.124. The van der Waals surface area contributed by atoms with E-state index in [4.69, 9.17) is 34.5 Å². The lowest BCUT2D eigenvalue weighted by Gasteiger charge is -2.38. The number of aliphatic imine (C=N–C) groups is 2. The Balaban J connectivity index is 0.000000125. The third-order valence-corrected chi connectivity index (χ3v) is 32.3. The van der Waals surface area contributed by atoms with E-state index in [1.165, 1.54) is 0 Å². The summed E-state index contributed by atoms with van der Waals surface area (Å²) in [5.41, 5.74) is 25.6. The summed E-state index contributed by atoms with van der Waals surface area (Å²) in [5, 5.41) is 0. The molecular formula is C118H127N13O6S. The highest BCUT2D eigenvalue weighted by molar-refractivity contribution is 7.86. The van der Waals surface area contributed by atoms with Crippen molar-refractivity contribution in [2.24, 2.45) is 56.8 Å². The van der Waals surface area contributed by atoms with Crippen molar-refractivity contribution in [2.45, 2.75) is 193 Å². The van der Waals surface area contributed by atoms with Crippen LogP contribution in [0.4, 0.5) is 0 Å². The lowest BCUT2D eigenvalue weighted by atomic mass is 9.64. The Labute approximate surface area is 814 Å². The number of amides is 3. The van der Waals surface area contributed by atoms with E-state index in [0.29, 0.717) is 37.0 Å². The Hall–Kier alpha value is -13.9. The first-order valence-electron chi connectivity index (χ1n) is 48.9. The van der Waals surface area contributed by atoms with Crippen LogP contribution in [0.3, 0.4) is 0 Å². The first-order chi connectivity index (χ1) is 67.1. The number of amidine groups is 2. The zero-order chi connectivity index (χ0) is 96.4. The molecule has 5 saturated carbocycles. The van der Waals surface area contributed by atoms with Crippen molar-refractivity contribution in [3.05, 3.63) is 448 Å². The number of hydrogen-bond acceptors (Lipinski definition) is 12.